The van der Waals surface area contributed by atoms with Gasteiger partial charge in [0.1, 0.15) is 0 Å². The van der Waals surface area contributed by atoms with Gasteiger partial charge in [-0.15, -0.1) is 11.8 Å². The lowest BCUT2D eigenvalue weighted by atomic mass is 10.1. The zero-order valence-electron chi connectivity index (χ0n) is 13.5. The van der Waals surface area contributed by atoms with Gasteiger partial charge in [0, 0.05) is 23.1 Å². The maximum Gasteiger partial charge on any atom is 0.234 e. The van der Waals surface area contributed by atoms with E-state index in [1.165, 1.54) is 25.6 Å². The second-order valence-corrected chi connectivity index (χ2v) is 6.16. The number of amides is 2. The van der Waals surface area contributed by atoms with Gasteiger partial charge in [-0.05, 0) is 43.3 Å². The monoisotopic (exact) mass is 342 g/mol. The van der Waals surface area contributed by atoms with Gasteiger partial charge in [-0.3, -0.25) is 14.4 Å². The van der Waals surface area contributed by atoms with Crippen molar-refractivity contribution in [2.24, 2.45) is 0 Å². The van der Waals surface area contributed by atoms with Crippen LogP contribution in [0.25, 0.3) is 0 Å². The number of benzene rings is 2. The number of anilines is 2. The molecule has 0 aliphatic heterocycles. The first-order valence-electron chi connectivity index (χ1n) is 7.36. The van der Waals surface area contributed by atoms with E-state index in [1.807, 2.05) is 18.2 Å². The quantitative estimate of drug-likeness (QED) is 0.621. The molecule has 6 heteroatoms. The van der Waals surface area contributed by atoms with Crippen molar-refractivity contribution in [3.05, 3.63) is 54.1 Å². The number of nitrogens with one attached hydrogen (secondary N) is 2. The average Bonchev–Trinajstić information content (AvgIpc) is 2.54. The lowest BCUT2D eigenvalue weighted by Gasteiger charge is -2.09. The molecule has 5 nitrogen and oxygen atoms in total. The van der Waals surface area contributed by atoms with E-state index in [0.29, 0.717) is 16.9 Å². The third-order valence-electron chi connectivity index (χ3n) is 3.13. The van der Waals surface area contributed by atoms with E-state index in [-0.39, 0.29) is 23.4 Å². The lowest BCUT2D eigenvalue weighted by Crippen LogP contribution is -2.14. The van der Waals surface area contributed by atoms with Crippen molar-refractivity contribution < 1.29 is 14.4 Å². The van der Waals surface area contributed by atoms with Crippen molar-refractivity contribution in [2.45, 2.75) is 18.7 Å². The molecular formula is C18H18N2O3S. The SMILES string of the molecule is CC(=O)Nc1ccccc1SCC(=O)Nc1ccc(C(C)=O)cc1. The molecule has 0 heterocycles. The average molecular weight is 342 g/mol. The van der Waals surface area contributed by atoms with E-state index in [4.69, 9.17) is 0 Å². The highest BCUT2D eigenvalue weighted by Crippen LogP contribution is 2.27. The van der Waals surface area contributed by atoms with Crippen molar-refractivity contribution in [1.29, 1.82) is 0 Å². The number of Topliss-reactive ketones (excluding diaryl/α,β-unsaturated/α-hetero) is 1. The smallest absolute Gasteiger partial charge is 0.234 e. The maximum atomic E-state index is 12.1. The Morgan fingerprint density at radius 2 is 1.58 bits per heavy atom. The Hall–Kier alpha value is -2.60. The molecule has 2 N–H and O–H groups in total. The zero-order chi connectivity index (χ0) is 17.5. The normalized spacial score (nSPS) is 10.1. The second kappa shape index (κ2) is 8.31. The minimum atomic E-state index is -0.159. The molecule has 0 radical (unpaired) electrons. The number of para-hydroxylation sites is 1. The second-order valence-electron chi connectivity index (χ2n) is 5.15. The zero-order valence-corrected chi connectivity index (χ0v) is 14.3. The first-order valence-corrected chi connectivity index (χ1v) is 8.34. The Morgan fingerprint density at radius 1 is 0.917 bits per heavy atom. The van der Waals surface area contributed by atoms with Crippen LogP contribution in [-0.4, -0.2) is 23.4 Å². The number of ketones is 1. The maximum absolute atomic E-state index is 12.1. The third-order valence-corrected chi connectivity index (χ3v) is 4.21. The van der Waals surface area contributed by atoms with Crippen LogP contribution in [0.15, 0.2) is 53.4 Å². The van der Waals surface area contributed by atoms with Gasteiger partial charge in [-0.25, -0.2) is 0 Å². The number of rotatable bonds is 6. The van der Waals surface area contributed by atoms with Gasteiger partial charge < -0.3 is 10.6 Å². The Labute approximate surface area is 144 Å². The number of thioether (sulfide) groups is 1. The Kier molecular flexibility index (Phi) is 6.14. The van der Waals surface area contributed by atoms with Crippen LogP contribution in [0.1, 0.15) is 24.2 Å². The molecule has 0 saturated carbocycles. The highest BCUT2D eigenvalue weighted by Gasteiger charge is 2.08. The first-order chi connectivity index (χ1) is 11.5. The topological polar surface area (TPSA) is 75.3 Å². The molecule has 0 aliphatic carbocycles. The van der Waals surface area contributed by atoms with Gasteiger partial charge >= 0.3 is 0 Å². The van der Waals surface area contributed by atoms with Crippen LogP contribution >= 0.6 is 11.8 Å². The van der Waals surface area contributed by atoms with Crippen LogP contribution < -0.4 is 10.6 Å². The van der Waals surface area contributed by atoms with E-state index >= 15 is 0 Å². The number of hydrogen-bond acceptors (Lipinski definition) is 4. The van der Waals surface area contributed by atoms with Gasteiger partial charge in [-0.2, -0.15) is 0 Å². The third kappa shape index (κ3) is 5.24. The summed E-state index contributed by atoms with van der Waals surface area (Å²) < 4.78 is 0. The molecule has 0 fully saturated rings. The van der Waals surface area contributed by atoms with Gasteiger partial charge in [0.05, 0.1) is 11.4 Å². The predicted molar refractivity (Wildman–Crippen MR) is 96.5 cm³/mol. The van der Waals surface area contributed by atoms with Crippen LogP contribution in [0.3, 0.4) is 0 Å². The highest BCUT2D eigenvalue weighted by molar-refractivity contribution is 8.00. The van der Waals surface area contributed by atoms with E-state index in [1.54, 1.807) is 30.3 Å². The highest BCUT2D eigenvalue weighted by atomic mass is 32.2. The molecule has 0 unspecified atom stereocenters. The Bertz CT molecular complexity index is 757. The summed E-state index contributed by atoms with van der Waals surface area (Å²) in [6.45, 7) is 2.94. The largest absolute Gasteiger partial charge is 0.325 e. The fourth-order valence-corrected chi connectivity index (χ4v) is 2.82. The molecule has 124 valence electrons. The molecule has 2 aromatic carbocycles. The van der Waals surface area contributed by atoms with Gasteiger partial charge in [0.15, 0.2) is 5.78 Å². The molecule has 0 bridgehead atoms. The fourth-order valence-electron chi connectivity index (χ4n) is 2.01. The number of carbonyl (C=O) groups excluding carboxylic acids is 3. The Balaban J connectivity index is 1.94. The molecule has 0 spiro atoms. The summed E-state index contributed by atoms with van der Waals surface area (Å²) in [6.07, 6.45) is 0. The minimum Gasteiger partial charge on any atom is -0.325 e. The molecule has 2 amide bonds. The van der Waals surface area contributed by atoms with Gasteiger partial charge in [-0.1, -0.05) is 12.1 Å². The molecule has 0 saturated heterocycles. The molecule has 2 aromatic rings. The first kappa shape index (κ1) is 17.7. The standard InChI is InChI=1S/C18H18N2O3S/c1-12(21)14-7-9-15(10-8-14)20-18(23)11-24-17-6-4-3-5-16(17)19-13(2)22/h3-10H,11H2,1-2H3,(H,19,22)(H,20,23). The molecular weight excluding hydrogens is 324 g/mol. The minimum absolute atomic E-state index is 0.0157. The number of carbonyl (C=O) groups is 3. The summed E-state index contributed by atoms with van der Waals surface area (Å²) in [7, 11) is 0. The summed E-state index contributed by atoms with van der Waals surface area (Å²) in [4.78, 5) is 35.3. The van der Waals surface area contributed by atoms with Gasteiger partial charge in [0.2, 0.25) is 11.8 Å². The van der Waals surface area contributed by atoms with Crippen molar-refractivity contribution in [3.8, 4) is 0 Å². The van der Waals surface area contributed by atoms with E-state index < -0.39 is 0 Å². The fraction of sp³-hybridized carbons (Fsp3) is 0.167. The van der Waals surface area contributed by atoms with E-state index in [0.717, 1.165) is 4.90 Å². The van der Waals surface area contributed by atoms with E-state index in [9.17, 15) is 14.4 Å². The molecule has 0 aliphatic rings. The van der Waals surface area contributed by atoms with Crippen LogP contribution in [-0.2, 0) is 9.59 Å². The van der Waals surface area contributed by atoms with Crippen molar-refractivity contribution in [2.75, 3.05) is 16.4 Å². The summed E-state index contributed by atoms with van der Waals surface area (Å²) in [5, 5.41) is 5.52. The lowest BCUT2D eigenvalue weighted by molar-refractivity contribution is -0.114. The van der Waals surface area contributed by atoms with Crippen LogP contribution in [0, 0.1) is 0 Å². The van der Waals surface area contributed by atoms with Crippen molar-refractivity contribution >= 4 is 40.7 Å². The van der Waals surface area contributed by atoms with Crippen LogP contribution in [0.5, 0.6) is 0 Å². The Morgan fingerprint density at radius 3 is 2.21 bits per heavy atom. The molecule has 0 aromatic heterocycles. The summed E-state index contributed by atoms with van der Waals surface area (Å²) in [5.41, 5.74) is 1.93. The summed E-state index contributed by atoms with van der Waals surface area (Å²) >= 11 is 1.34. The van der Waals surface area contributed by atoms with Gasteiger partial charge in [0.25, 0.3) is 0 Å². The van der Waals surface area contributed by atoms with E-state index in [2.05, 4.69) is 10.6 Å². The summed E-state index contributed by atoms with van der Waals surface area (Å²) in [6, 6.07) is 14.1. The molecule has 0 atom stereocenters. The summed E-state index contributed by atoms with van der Waals surface area (Å²) in [5.74, 6) is -0.116. The van der Waals surface area contributed by atoms with Crippen molar-refractivity contribution in [1.82, 2.24) is 0 Å². The predicted octanol–water partition coefficient (Wildman–Crippen LogP) is 3.58. The molecule has 24 heavy (non-hydrogen) atoms. The molecule has 2 rings (SSSR count). The van der Waals surface area contributed by atoms with Crippen LogP contribution in [0.2, 0.25) is 0 Å². The number of hydrogen-bond donors (Lipinski definition) is 2. The van der Waals surface area contributed by atoms with Crippen LogP contribution in [0.4, 0.5) is 11.4 Å². The van der Waals surface area contributed by atoms with Crippen molar-refractivity contribution in [3.63, 3.8) is 0 Å².